The molecule has 1 heterocycles. The van der Waals surface area contributed by atoms with Crippen LogP contribution in [0.2, 0.25) is 0 Å². The van der Waals surface area contributed by atoms with E-state index in [0.29, 0.717) is 5.69 Å². The molecule has 2 rings (SSSR count). The molecule has 0 aliphatic carbocycles. The monoisotopic (exact) mass is 288 g/mol. The SMILES string of the molecule is Cc1cccc(OCCCCSc2ccc(N)cn2)c1. The van der Waals surface area contributed by atoms with E-state index >= 15 is 0 Å². The molecule has 0 spiro atoms. The van der Waals surface area contributed by atoms with Crippen molar-refractivity contribution in [2.24, 2.45) is 0 Å². The minimum atomic E-state index is 0.709. The molecule has 1 aromatic carbocycles. The summed E-state index contributed by atoms with van der Waals surface area (Å²) in [5, 5.41) is 1.03. The number of nitrogen functional groups attached to an aromatic ring is 1. The second-order valence-electron chi connectivity index (χ2n) is 4.65. The van der Waals surface area contributed by atoms with Crippen LogP contribution in [0.15, 0.2) is 47.6 Å². The minimum Gasteiger partial charge on any atom is -0.494 e. The molecule has 0 saturated carbocycles. The summed E-state index contributed by atoms with van der Waals surface area (Å²) in [4.78, 5) is 4.26. The highest BCUT2D eigenvalue weighted by molar-refractivity contribution is 7.99. The first-order chi connectivity index (χ1) is 9.74. The number of hydrogen-bond acceptors (Lipinski definition) is 4. The van der Waals surface area contributed by atoms with Gasteiger partial charge >= 0.3 is 0 Å². The van der Waals surface area contributed by atoms with Crippen LogP contribution in [0, 0.1) is 6.92 Å². The van der Waals surface area contributed by atoms with Crippen molar-refractivity contribution in [3.8, 4) is 5.75 Å². The summed E-state index contributed by atoms with van der Waals surface area (Å²) >= 11 is 1.76. The lowest BCUT2D eigenvalue weighted by Gasteiger charge is -2.06. The van der Waals surface area contributed by atoms with Crippen molar-refractivity contribution in [2.75, 3.05) is 18.1 Å². The van der Waals surface area contributed by atoms with Gasteiger partial charge < -0.3 is 10.5 Å². The van der Waals surface area contributed by atoms with E-state index in [1.165, 1.54) is 5.56 Å². The first-order valence-corrected chi connectivity index (χ1v) is 7.76. The number of pyridine rings is 1. The maximum Gasteiger partial charge on any atom is 0.119 e. The van der Waals surface area contributed by atoms with Crippen LogP contribution in [0.1, 0.15) is 18.4 Å². The zero-order valence-electron chi connectivity index (χ0n) is 11.7. The number of unbranched alkanes of at least 4 members (excludes halogenated alkanes) is 1. The molecular weight excluding hydrogens is 268 g/mol. The molecule has 2 aromatic rings. The Labute approximate surface area is 124 Å². The van der Waals surface area contributed by atoms with Crippen LogP contribution < -0.4 is 10.5 Å². The van der Waals surface area contributed by atoms with E-state index in [2.05, 4.69) is 24.0 Å². The zero-order chi connectivity index (χ0) is 14.2. The van der Waals surface area contributed by atoms with Gasteiger partial charge in [0.15, 0.2) is 0 Å². The van der Waals surface area contributed by atoms with Gasteiger partial charge in [-0.25, -0.2) is 4.98 Å². The number of aromatic nitrogens is 1. The molecule has 0 amide bonds. The normalized spacial score (nSPS) is 10.4. The lowest BCUT2D eigenvalue weighted by molar-refractivity contribution is 0.309. The molecule has 1 aromatic heterocycles. The molecule has 3 nitrogen and oxygen atoms in total. The number of benzene rings is 1. The third-order valence-corrected chi connectivity index (χ3v) is 3.84. The lowest BCUT2D eigenvalue weighted by atomic mass is 10.2. The van der Waals surface area contributed by atoms with Crippen molar-refractivity contribution in [1.29, 1.82) is 0 Å². The van der Waals surface area contributed by atoms with Gasteiger partial charge in [0.1, 0.15) is 5.75 Å². The minimum absolute atomic E-state index is 0.709. The smallest absolute Gasteiger partial charge is 0.119 e. The van der Waals surface area contributed by atoms with Gasteiger partial charge in [-0.2, -0.15) is 0 Å². The summed E-state index contributed by atoms with van der Waals surface area (Å²) in [6.45, 7) is 2.84. The predicted octanol–water partition coefficient (Wildman–Crippen LogP) is 3.92. The molecule has 0 saturated heterocycles. The number of nitrogens with zero attached hydrogens (tertiary/aromatic N) is 1. The molecule has 106 valence electrons. The van der Waals surface area contributed by atoms with Gasteiger partial charge in [-0.15, -0.1) is 11.8 Å². The van der Waals surface area contributed by atoms with Gasteiger partial charge in [0, 0.05) is 0 Å². The Bertz CT molecular complexity index is 528. The predicted molar refractivity (Wildman–Crippen MR) is 85.3 cm³/mol. The molecule has 0 atom stereocenters. The number of hydrogen-bond donors (Lipinski definition) is 1. The van der Waals surface area contributed by atoms with Crippen LogP contribution in [-0.2, 0) is 0 Å². The Kier molecular flexibility index (Phi) is 5.74. The number of ether oxygens (including phenoxy) is 1. The van der Waals surface area contributed by atoms with E-state index in [4.69, 9.17) is 10.5 Å². The molecule has 0 fully saturated rings. The highest BCUT2D eigenvalue weighted by atomic mass is 32.2. The fourth-order valence-corrected chi connectivity index (χ4v) is 2.60. The standard InChI is InChI=1S/C16H20N2OS/c1-13-5-4-6-15(11-13)19-9-2-3-10-20-16-8-7-14(17)12-18-16/h4-8,11-12H,2-3,9-10,17H2,1H3. The van der Waals surface area contributed by atoms with Crippen LogP contribution in [0.4, 0.5) is 5.69 Å². The average molecular weight is 288 g/mol. The number of anilines is 1. The number of nitrogens with two attached hydrogens (primary N) is 1. The first kappa shape index (κ1) is 14.7. The maximum absolute atomic E-state index is 5.71. The largest absolute Gasteiger partial charge is 0.494 e. The Balaban J connectivity index is 1.59. The molecule has 20 heavy (non-hydrogen) atoms. The summed E-state index contributed by atoms with van der Waals surface area (Å²) in [5.41, 5.74) is 7.54. The van der Waals surface area contributed by atoms with Gasteiger partial charge in [-0.3, -0.25) is 0 Å². The van der Waals surface area contributed by atoms with Gasteiger partial charge in [0.25, 0.3) is 0 Å². The van der Waals surface area contributed by atoms with Crippen molar-refractivity contribution in [2.45, 2.75) is 24.8 Å². The number of aryl methyl sites for hydroxylation is 1. The van der Waals surface area contributed by atoms with Crippen molar-refractivity contribution >= 4 is 17.4 Å². The Morgan fingerprint density at radius 2 is 2.10 bits per heavy atom. The molecule has 0 radical (unpaired) electrons. The molecular formula is C16H20N2OS. The molecule has 0 bridgehead atoms. The van der Waals surface area contributed by atoms with E-state index in [9.17, 15) is 0 Å². The van der Waals surface area contributed by atoms with Crippen molar-refractivity contribution in [3.63, 3.8) is 0 Å². The Morgan fingerprint density at radius 1 is 1.20 bits per heavy atom. The van der Waals surface area contributed by atoms with E-state index in [0.717, 1.165) is 36.0 Å². The molecule has 0 unspecified atom stereocenters. The summed E-state index contributed by atoms with van der Waals surface area (Å²) in [7, 11) is 0. The van der Waals surface area contributed by atoms with E-state index < -0.39 is 0 Å². The Morgan fingerprint density at radius 3 is 2.85 bits per heavy atom. The summed E-state index contributed by atoms with van der Waals surface area (Å²) in [6.07, 6.45) is 3.86. The third-order valence-electron chi connectivity index (χ3n) is 2.81. The van der Waals surface area contributed by atoms with E-state index in [1.807, 2.05) is 24.3 Å². The summed E-state index contributed by atoms with van der Waals surface area (Å²) < 4.78 is 5.71. The topological polar surface area (TPSA) is 48.1 Å². The van der Waals surface area contributed by atoms with Crippen molar-refractivity contribution < 1.29 is 4.74 Å². The fourth-order valence-electron chi connectivity index (χ4n) is 1.75. The molecule has 0 aliphatic rings. The van der Waals surface area contributed by atoms with Gasteiger partial charge in [-0.1, -0.05) is 12.1 Å². The van der Waals surface area contributed by atoms with Gasteiger partial charge in [-0.05, 0) is 55.3 Å². The zero-order valence-corrected chi connectivity index (χ0v) is 12.5. The van der Waals surface area contributed by atoms with Crippen molar-refractivity contribution in [3.05, 3.63) is 48.2 Å². The number of thioether (sulfide) groups is 1. The van der Waals surface area contributed by atoms with Crippen LogP contribution >= 0.6 is 11.8 Å². The second kappa shape index (κ2) is 7.80. The molecule has 4 heteroatoms. The highest BCUT2D eigenvalue weighted by Gasteiger charge is 1.97. The summed E-state index contributed by atoms with van der Waals surface area (Å²) in [6, 6.07) is 12.0. The van der Waals surface area contributed by atoms with Crippen LogP contribution in [0.25, 0.3) is 0 Å². The van der Waals surface area contributed by atoms with Gasteiger partial charge in [0.2, 0.25) is 0 Å². The average Bonchev–Trinajstić information content (AvgIpc) is 2.45. The van der Waals surface area contributed by atoms with Crippen LogP contribution in [0.3, 0.4) is 0 Å². The van der Waals surface area contributed by atoms with Crippen LogP contribution in [-0.4, -0.2) is 17.3 Å². The van der Waals surface area contributed by atoms with E-state index in [1.54, 1.807) is 18.0 Å². The first-order valence-electron chi connectivity index (χ1n) is 6.78. The highest BCUT2D eigenvalue weighted by Crippen LogP contribution is 2.18. The van der Waals surface area contributed by atoms with E-state index in [-0.39, 0.29) is 0 Å². The Hall–Kier alpha value is -1.68. The van der Waals surface area contributed by atoms with Crippen molar-refractivity contribution in [1.82, 2.24) is 4.98 Å². The summed E-state index contributed by atoms with van der Waals surface area (Å²) in [5.74, 6) is 2.01. The third kappa shape index (κ3) is 5.13. The molecule has 0 aliphatic heterocycles. The second-order valence-corrected chi connectivity index (χ2v) is 5.77. The van der Waals surface area contributed by atoms with Crippen LogP contribution in [0.5, 0.6) is 5.75 Å². The maximum atomic E-state index is 5.71. The lowest BCUT2D eigenvalue weighted by Crippen LogP contribution is -1.98. The fraction of sp³-hybridized carbons (Fsp3) is 0.312. The quantitative estimate of drug-likeness (QED) is 0.619. The van der Waals surface area contributed by atoms with Gasteiger partial charge in [0.05, 0.1) is 23.5 Å². The number of rotatable bonds is 7. The molecule has 2 N–H and O–H groups in total.